The van der Waals surface area contributed by atoms with Crippen LogP contribution in [0.3, 0.4) is 0 Å². The van der Waals surface area contributed by atoms with Crippen LogP contribution in [0.4, 0.5) is 17.1 Å². The number of furan rings is 1. The van der Waals surface area contributed by atoms with Gasteiger partial charge in [0, 0.05) is 32.8 Å². The quantitative estimate of drug-likeness (QED) is 0.175. The third kappa shape index (κ3) is 4.77. The summed E-state index contributed by atoms with van der Waals surface area (Å²) < 4.78 is 6.93. The summed E-state index contributed by atoms with van der Waals surface area (Å²) in [6.07, 6.45) is 7.09. The monoisotopic (exact) mass is 671 g/mol. The average Bonchev–Trinajstić information content (AvgIpc) is 3.58. The Morgan fingerprint density at radius 1 is 0.462 bits per heavy atom. The smallest absolute Gasteiger partial charge is 0.143 e. The highest BCUT2D eigenvalue weighted by molar-refractivity contribution is 6.20. The number of hydrogen-bond acceptors (Lipinski definition) is 2. The third-order valence-corrected chi connectivity index (χ3v) is 12.8. The molecule has 4 fully saturated rings. The maximum absolute atomic E-state index is 6.93. The Labute approximate surface area is 305 Å². The van der Waals surface area contributed by atoms with E-state index in [1.807, 2.05) is 0 Å². The van der Waals surface area contributed by atoms with Crippen molar-refractivity contribution in [1.29, 1.82) is 0 Å². The summed E-state index contributed by atoms with van der Waals surface area (Å²) in [5.74, 6) is 4.10. The summed E-state index contributed by atoms with van der Waals surface area (Å²) in [6.45, 7) is 0. The predicted molar refractivity (Wildman–Crippen MR) is 217 cm³/mol. The number of nitrogens with zero attached hydrogens (tertiary/aromatic N) is 1. The Morgan fingerprint density at radius 3 is 1.81 bits per heavy atom. The van der Waals surface area contributed by atoms with Crippen LogP contribution in [0.5, 0.6) is 0 Å². The summed E-state index contributed by atoms with van der Waals surface area (Å²) in [5, 5.41) is 4.90. The number of rotatable bonds is 6. The molecule has 0 saturated heterocycles. The zero-order chi connectivity index (χ0) is 34.2. The summed E-state index contributed by atoms with van der Waals surface area (Å²) in [7, 11) is 0. The minimum atomic E-state index is 0.618. The Kier molecular flexibility index (Phi) is 6.93. The van der Waals surface area contributed by atoms with Crippen molar-refractivity contribution in [2.75, 3.05) is 4.90 Å². The molecule has 4 aliphatic rings. The van der Waals surface area contributed by atoms with E-state index in [4.69, 9.17) is 4.42 Å². The largest absolute Gasteiger partial charge is 0.455 e. The molecule has 2 nitrogen and oxygen atoms in total. The fourth-order valence-electron chi connectivity index (χ4n) is 10.9. The van der Waals surface area contributed by atoms with Crippen LogP contribution in [-0.4, -0.2) is 0 Å². The summed E-state index contributed by atoms with van der Waals surface area (Å²) in [5.41, 5.74) is 11.8. The van der Waals surface area contributed by atoms with E-state index in [0.717, 1.165) is 51.6 Å². The van der Waals surface area contributed by atoms with Gasteiger partial charge in [-0.1, -0.05) is 127 Å². The lowest BCUT2D eigenvalue weighted by Crippen LogP contribution is -2.43. The lowest BCUT2D eigenvalue weighted by atomic mass is 9.50. The van der Waals surface area contributed by atoms with Gasteiger partial charge in [0.05, 0.1) is 11.4 Å². The molecule has 252 valence electrons. The van der Waals surface area contributed by atoms with Gasteiger partial charge in [-0.05, 0) is 114 Å². The van der Waals surface area contributed by atoms with E-state index in [1.54, 1.807) is 0 Å². The standard InChI is InChI=1S/C50H41NO/c1-3-12-34(13-4-1)35-22-24-39(25-23-35)51(45-20-10-9-16-40(45)36-14-5-2-6-15-36)46-31-44-49-43(48-37-27-32-26-33(29-37)30-38(48)28-32)19-11-21-47(49)52-50(44)42-18-8-7-17-41(42)46/h1-25,31-33,37-38,48H,26-30H2. The molecule has 1 heterocycles. The number of hydrogen-bond donors (Lipinski definition) is 0. The van der Waals surface area contributed by atoms with Crippen LogP contribution in [0.1, 0.15) is 43.6 Å². The molecular weight excluding hydrogens is 631 g/mol. The topological polar surface area (TPSA) is 16.4 Å². The van der Waals surface area contributed by atoms with Crippen LogP contribution in [0.2, 0.25) is 0 Å². The van der Waals surface area contributed by atoms with Gasteiger partial charge in [-0.3, -0.25) is 0 Å². The highest BCUT2D eigenvalue weighted by atomic mass is 16.3. The Bertz CT molecular complexity index is 2550. The molecule has 0 amide bonds. The molecule has 8 aromatic rings. The average molecular weight is 672 g/mol. The molecule has 2 heteroatoms. The maximum Gasteiger partial charge on any atom is 0.143 e. The van der Waals surface area contributed by atoms with Gasteiger partial charge < -0.3 is 9.32 Å². The van der Waals surface area contributed by atoms with Gasteiger partial charge >= 0.3 is 0 Å². The summed E-state index contributed by atoms with van der Waals surface area (Å²) in [4.78, 5) is 2.49. The molecule has 0 atom stereocenters. The van der Waals surface area contributed by atoms with Crippen molar-refractivity contribution in [1.82, 2.24) is 0 Å². The highest BCUT2D eigenvalue weighted by Crippen LogP contribution is 2.61. The van der Waals surface area contributed by atoms with Crippen molar-refractivity contribution in [2.24, 2.45) is 23.7 Å². The van der Waals surface area contributed by atoms with Crippen molar-refractivity contribution >= 4 is 49.8 Å². The first-order valence-electron chi connectivity index (χ1n) is 19.2. The number of benzene rings is 7. The maximum atomic E-state index is 6.93. The molecule has 52 heavy (non-hydrogen) atoms. The number of fused-ring (bicyclic) bond motifs is 5. The molecule has 1 aromatic heterocycles. The Hall–Kier alpha value is -5.60. The first-order chi connectivity index (χ1) is 25.8. The molecule has 4 aliphatic carbocycles. The van der Waals surface area contributed by atoms with Gasteiger partial charge in [-0.2, -0.15) is 0 Å². The predicted octanol–water partition coefficient (Wildman–Crippen LogP) is 14.1. The molecular formula is C50H41NO. The first kappa shape index (κ1) is 30.1. The van der Waals surface area contributed by atoms with Crippen LogP contribution in [0.25, 0.3) is 55.0 Å². The molecule has 0 N–H and O–H groups in total. The van der Waals surface area contributed by atoms with Gasteiger partial charge in [-0.15, -0.1) is 0 Å². The lowest BCUT2D eigenvalue weighted by molar-refractivity contribution is -0.00229. The van der Waals surface area contributed by atoms with E-state index >= 15 is 0 Å². The zero-order valence-electron chi connectivity index (χ0n) is 29.3. The van der Waals surface area contributed by atoms with Gasteiger partial charge in [0.2, 0.25) is 0 Å². The van der Waals surface area contributed by atoms with Crippen LogP contribution in [0, 0.1) is 23.7 Å². The van der Waals surface area contributed by atoms with E-state index in [2.05, 4.69) is 163 Å². The van der Waals surface area contributed by atoms with Crippen LogP contribution >= 0.6 is 0 Å². The summed E-state index contributed by atoms with van der Waals surface area (Å²) >= 11 is 0. The van der Waals surface area contributed by atoms with Gasteiger partial charge in [0.1, 0.15) is 11.2 Å². The second-order valence-corrected chi connectivity index (χ2v) is 15.7. The van der Waals surface area contributed by atoms with Gasteiger partial charge in [-0.25, -0.2) is 0 Å². The lowest BCUT2D eigenvalue weighted by Gasteiger charge is -2.54. The zero-order valence-corrected chi connectivity index (χ0v) is 29.3. The van der Waals surface area contributed by atoms with E-state index in [0.29, 0.717) is 5.92 Å². The molecule has 0 radical (unpaired) electrons. The van der Waals surface area contributed by atoms with Crippen LogP contribution in [0.15, 0.2) is 162 Å². The van der Waals surface area contributed by atoms with Crippen molar-refractivity contribution in [3.63, 3.8) is 0 Å². The second kappa shape index (κ2) is 12.0. The number of anilines is 3. The molecule has 0 aliphatic heterocycles. The normalized spacial score (nSPS) is 22.0. The van der Waals surface area contributed by atoms with E-state index in [-0.39, 0.29) is 0 Å². The fraction of sp³-hybridized carbons (Fsp3) is 0.200. The SMILES string of the molecule is c1ccc(-c2ccc(N(c3ccccc3-c3ccccc3)c3cc4c(oc5cccc(C6C7CC8CC(C7)CC6C8)c54)c4ccccc34)cc2)cc1. The Balaban J connectivity index is 1.17. The van der Waals surface area contributed by atoms with Crippen molar-refractivity contribution in [2.45, 2.75) is 38.0 Å². The Morgan fingerprint density at radius 2 is 1.08 bits per heavy atom. The highest BCUT2D eigenvalue weighted by Gasteiger charge is 2.49. The van der Waals surface area contributed by atoms with Crippen molar-refractivity contribution < 1.29 is 4.42 Å². The van der Waals surface area contributed by atoms with E-state index in [9.17, 15) is 0 Å². The van der Waals surface area contributed by atoms with Crippen molar-refractivity contribution in [3.8, 4) is 22.3 Å². The van der Waals surface area contributed by atoms with Crippen LogP contribution < -0.4 is 4.90 Å². The molecule has 0 spiro atoms. The number of para-hydroxylation sites is 1. The first-order valence-corrected chi connectivity index (χ1v) is 19.2. The minimum Gasteiger partial charge on any atom is -0.455 e. The fourth-order valence-corrected chi connectivity index (χ4v) is 10.9. The second-order valence-electron chi connectivity index (χ2n) is 15.7. The minimum absolute atomic E-state index is 0.618. The molecule has 4 bridgehead atoms. The van der Waals surface area contributed by atoms with E-state index in [1.165, 1.54) is 81.8 Å². The molecule has 4 saturated carbocycles. The van der Waals surface area contributed by atoms with Gasteiger partial charge in [0.25, 0.3) is 0 Å². The van der Waals surface area contributed by atoms with Crippen LogP contribution in [-0.2, 0) is 0 Å². The van der Waals surface area contributed by atoms with E-state index < -0.39 is 0 Å². The molecule has 12 rings (SSSR count). The third-order valence-electron chi connectivity index (χ3n) is 12.8. The summed E-state index contributed by atoms with van der Waals surface area (Å²) in [6, 6.07) is 57.7. The molecule has 0 unspecified atom stereocenters. The van der Waals surface area contributed by atoms with Crippen molar-refractivity contribution in [3.05, 3.63) is 163 Å². The van der Waals surface area contributed by atoms with Gasteiger partial charge in [0.15, 0.2) is 0 Å². The molecule has 7 aromatic carbocycles.